The van der Waals surface area contributed by atoms with E-state index in [4.69, 9.17) is 4.74 Å². The summed E-state index contributed by atoms with van der Waals surface area (Å²) in [6.07, 6.45) is -5.68. The van der Waals surface area contributed by atoms with E-state index in [-0.39, 0.29) is 30.2 Å². The van der Waals surface area contributed by atoms with Gasteiger partial charge in [0.2, 0.25) is 0 Å². The molecule has 0 bridgehead atoms. The molecule has 0 aliphatic rings. The van der Waals surface area contributed by atoms with Crippen molar-refractivity contribution < 1.29 is 31.5 Å². The van der Waals surface area contributed by atoms with E-state index >= 15 is 0 Å². The van der Waals surface area contributed by atoms with Crippen LogP contribution in [-0.4, -0.2) is 35.2 Å². The van der Waals surface area contributed by atoms with Gasteiger partial charge in [-0.05, 0) is 44.8 Å². The van der Waals surface area contributed by atoms with E-state index in [0.29, 0.717) is 24.5 Å². The normalized spacial score (nSPS) is 14.3. The molecule has 0 aliphatic carbocycles. The van der Waals surface area contributed by atoms with Gasteiger partial charge in [-0.2, -0.15) is 22.0 Å². The molecule has 0 fully saturated rings. The van der Waals surface area contributed by atoms with Crippen molar-refractivity contribution >= 4 is 17.7 Å². The second-order valence-corrected chi connectivity index (χ2v) is 7.80. The molecule has 0 aromatic heterocycles. The molecule has 0 spiro atoms. The number of hydrogen-bond acceptors (Lipinski definition) is 3. The first-order valence-electron chi connectivity index (χ1n) is 8.13. The van der Waals surface area contributed by atoms with Crippen LogP contribution in [0.5, 0.6) is 0 Å². The van der Waals surface area contributed by atoms with Crippen molar-refractivity contribution in [2.24, 2.45) is 5.92 Å². The Morgan fingerprint density at radius 2 is 1.58 bits per heavy atom. The summed E-state index contributed by atoms with van der Waals surface area (Å²) in [6, 6.07) is 0. The van der Waals surface area contributed by atoms with Gasteiger partial charge in [0.1, 0.15) is 5.25 Å². The number of hydrogen-bond donors (Lipinski definition) is 0. The minimum absolute atomic E-state index is 0.196. The Morgan fingerprint density at radius 1 is 1.00 bits per heavy atom. The standard InChI is InChI=1S/C16H27F5O2S/c1-11(2)10-13(14(22)23-12(3)4)24-9-7-5-6-8-15(17,18)16(19,20)21/h11-13H,5-10H2,1-4H3. The van der Waals surface area contributed by atoms with Crippen molar-refractivity contribution in [1.29, 1.82) is 0 Å². The number of esters is 1. The number of alkyl halides is 5. The number of carbonyl (C=O) groups excluding carboxylic acids is 1. The van der Waals surface area contributed by atoms with E-state index in [1.807, 2.05) is 13.8 Å². The van der Waals surface area contributed by atoms with Crippen LogP contribution in [-0.2, 0) is 9.53 Å². The molecule has 0 aromatic carbocycles. The van der Waals surface area contributed by atoms with Crippen LogP contribution in [0.15, 0.2) is 0 Å². The highest BCUT2D eigenvalue weighted by Gasteiger charge is 2.56. The maximum Gasteiger partial charge on any atom is 0.453 e. The van der Waals surface area contributed by atoms with Gasteiger partial charge in [0, 0.05) is 6.42 Å². The molecule has 0 saturated carbocycles. The van der Waals surface area contributed by atoms with E-state index in [0.717, 1.165) is 0 Å². The van der Waals surface area contributed by atoms with Crippen LogP contribution in [0.3, 0.4) is 0 Å². The lowest BCUT2D eigenvalue weighted by atomic mass is 10.1. The predicted octanol–water partition coefficient (Wildman–Crippen LogP) is 5.84. The zero-order chi connectivity index (χ0) is 19.0. The second kappa shape index (κ2) is 10.5. The van der Waals surface area contributed by atoms with Crippen LogP contribution in [0, 0.1) is 5.92 Å². The molecule has 24 heavy (non-hydrogen) atoms. The smallest absolute Gasteiger partial charge is 0.453 e. The third-order valence-corrected chi connectivity index (χ3v) is 4.48. The maximum atomic E-state index is 12.7. The van der Waals surface area contributed by atoms with Crippen LogP contribution in [0.1, 0.15) is 59.8 Å². The van der Waals surface area contributed by atoms with E-state index in [1.165, 1.54) is 11.8 Å². The highest BCUT2D eigenvalue weighted by Crippen LogP contribution is 2.39. The minimum atomic E-state index is -5.48. The largest absolute Gasteiger partial charge is 0.462 e. The number of thioether (sulfide) groups is 1. The van der Waals surface area contributed by atoms with Crippen LogP contribution < -0.4 is 0 Å². The first-order chi connectivity index (χ1) is 10.9. The molecule has 0 heterocycles. The maximum absolute atomic E-state index is 12.7. The average molecular weight is 378 g/mol. The first kappa shape index (κ1) is 23.5. The summed E-state index contributed by atoms with van der Waals surface area (Å²) in [5.74, 6) is -4.09. The Balaban J connectivity index is 4.14. The van der Waals surface area contributed by atoms with Gasteiger partial charge in [-0.3, -0.25) is 4.79 Å². The molecular weight excluding hydrogens is 351 g/mol. The van der Waals surface area contributed by atoms with Gasteiger partial charge in [0.25, 0.3) is 0 Å². The fourth-order valence-corrected chi connectivity index (χ4v) is 3.33. The van der Waals surface area contributed by atoms with E-state index in [9.17, 15) is 26.7 Å². The van der Waals surface area contributed by atoms with E-state index < -0.39 is 18.5 Å². The summed E-state index contributed by atoms with van der Waals surface area (Å²) in [5, 5.41) is -0.330. The summed E-state index contributed by atoms with van der Waals surface area (Å²) >= 11 is 1.38. The Morgan fingerprint density at radius 3 is 2.04 bits per heavy atom. The summed E-state index contributed by atoms with van der Waals surface area (Å²) < 4.78 is 66.8. The summed E-state index contributed by atoms with van der Waals surface area (Å²) in [7, 11) is 0. The Labute approximate surface area is 144 Å². The molecule has 0 N–H and O–H groups in total. The molecule has 2 nitrogen and oxygen atoms in total. The highest BCUT2D eigenvalue weighted by molar-refractivity contribution is 8.00. The first-order valence-corrected chi connectivity index (χ1v) is 9.18. The fraction of sp³-hybridized carbons (Fsp3) is 0.938. The Bertz CT molecular complexity index is 370. The lowest BCUT2D eigenvalue weighted by Gasteiger charge is -2.20. The lowest BCUT2D eigenvalue weighted by molar-refractivity contribution is -0.284. The van der Waals surface area contributed by atoms with Crippen molar-refractivity contribution in [2.75, 3.05) is 5.75 Å². The van der Waals surface area contributed by atoms with Crippen LogP contribution >= 0.6 is 11.8 Å². The molecule has 8 heteroatoms. The summed E-state index contributed by atoms with van der Waals surface area (Å²) in [4.78, 5) is 12.0. The van der Waals surface area contributed by atoms with Crippen molar-refractivity contribution in [3.05, 3.63) is 0 Å². The van der Waals surface area contributed by atoms with Gasteiger partial charge < -0.3 is 4.74 Å². The molecular formula is C16H27F5O2S. The average Bonchev–Trinajstić information content (AvgIpc) is 2.38. The van der Waals surface area contributed by atoms with Crippen molar-refractivity contribution in [3.63, 3.8) is 0 Å². The number of carbonyl (C=O) groups is 1. The molecule has 0 saturated heterocycles. The lowest BCUT2D eigenvalue weighted by Crippen LogP contribution is -2.36. The Hall–Kier alpha value is -0.530. The zero-order valence-electron chi connectivity index (χ0n) is 14.6. The Kier molecular flexibility index (Phi) is 10.2. The number of ether oxygens (including phenoxy) is 1. The molecule has 1 unspecified atom stereocenters. The van der Waals surface area contributed by atoms with Gasteiger partial charge in [0.05, 0.1) is 6.10 Å². The van der Waals surface area contributed by atoms with E-state index in [2.05, 4.69) is 0 Å². The molecule has 1 atom stereocenters. The van der Waals surface area contributed by atoms with Crippen LogP contribution in [0.4, 0.5) is 22.0 Å². The molecule has 0 amide bonds. The van der Waals surface area contributed by atoms with Crippen LogP contribution in [0.2, 0.25) is 0 Å². The number of rotatable bonds is 11. The highest BCUT2D eigenvalue weighted by atomic mass is 32.2. The van der Waals surface area contributed by atoms with Crippen molar-refractivity contribution in [2.45, 2.75) is 83.3 Å². The number of unbranched alkanes of at least 4 members (excludes halogenated alkanes) is 2. The van der Waals surface area contributed by atoms with Crippen LogP contribution in [0.25, 0.3) is 0 Å². The molecule has 0 aromatic rings. The van der Waals surface area contributed by atoms with Crippen molar-refractivity contribution in [1.82, 2.24) is 0 Å². The topological polar surface area (TPSA) is 26.3 Å². The quantitative estimate of drug-likeness (QED) is 0.256. The van der Waals surface area contributed by atoms with Gasteiger partial charge in [-0.1, -0.05) is 20.3 Å². The zero-order valence-corrected chi connectivity index (χ0v) is 15.4. The van der Waals surface area contributed by atoms with Gasteiger partial charge in [0.15, 0.2) is 0 Å². The van der Waals surface area contributed by atoms with Gasteiger partial charge in [-0.15, -0.1) is 11.8 Å². The van der Waals surface area contributed by atoms with Crippen molar-refractivity contribution in [3.8, 4) is 0 Å². The monoisotopic (exact) mass is 378 g/mol. The predicted molar refractivity (Wildman–Crippen MR) is 86.4 cm³/mol. The van der Waals surface area contributed by atoms with Gasteiger partial charge in [-0.25, -0.2) is 0 Å². The third kappa shape index (κ3) is 9.69. The second-order valence-electron chi connectivity index (χ2n) is 6.49. The van der Waals surface area contributed by atoms with Gasteiger partial charge >= 0.3 is 18.1 Å². The fourth-order valence-electron chi connectivity index (χ4n) is 1.96. The molecule has 144 valence electrons. The summed E-state index contributed by atoms with van der Waals surface area (Å²) in [6.45, 7) is 7.48. The number of halogens is 5. The molecule has 0 rings (SSSR count). The summed E-state index contributed by atoms with van der Waals surface area (Å²) in [5.41, 5.74) is 0. The molecule has 0 aliphatic heterocycles. The third-order valence-electron chi connectivity index (χ3n) is 3.17. The SMILES string of the molecule is CC(C)CC(SCCCCCC(F)(F)C(F)(F)F)C(=O)OC(C)C. The minimum Gasteiger partial charge on any atom is -0.462 e. The van der Waals surface area contributed by atoms with E-state index in [1.54, 1.807) is 13.8 Å². The molecule has 0 radical (unpaired) electrons.